The minimum atomic E-state index is -4.28. The van der Waals surface area contributed by atoms with Gasteiger partial charge in [0, 0.05) is 5.92 Å². The normalized spacial score (nSPS) is 35.5. The van der Waals surface area contributed by atoms with Crippen molar-refractivity contribution in [3.63, 3.8) is 0 Å². The Balaban J connectivity index is 2.64. The lowest BCUT2D eigenvalue weighted by Crippen LogP contribution is -2.34. The number of nitriles is 1. The Bertz CT molecular complexity index is 220. The number of halogens is 3. The van der Waals surface area contributed by atoms with Crippen LogP contribution in [0.5, 0.6) is 0 Å². The minimum absolute atomic E-state index is 0.170. The van der Waals surface area contributed by atoms with Crippen molar-refractivity contribution in [1.82, 2.24) is 0 Å². The molecule has 2 nitrogen and oxygen atoms in total. The van der Waals surface area contributed by atoms with Crippen LogP contribution in [-0.4, -0.2) is 17.4 Å². The third-order valence-corrected chi connectivity index (χ3v) is 2.33. The van der Waals surface area contributed by atoms with Crippen molar-refractivity contribution in [2.45, 2.75) is 31.5 Å². The van der Waals surface area contributed by atoms with Crippen molar-refractivity contribution in [2.24, 2.45) is 11.8 Å². The van der Waals surface area contributed by atoms with Crippen molar-refractivity contribution in [1.29, 1.82) is 5.26 Å². The minimum Gasteiger partial charge on any atom is -0.393 e. The van der Waals surface area contributed by atoms with Gasteiger partial charge < -0.3 is 5.11 Å². The van der Waals surface area contributed by atoms with Crippen molar-refractivity contribution in [3.8, 4) is 6.07 Å². The molecule has 0 saturated heterocycles. The van der Waals surface area contributed by atoms with E-state index in [1.54, 1.807) is 6.07 Å². The molecule has 0 bridgehead atoms. The third-order valence-electron chi connectivity index (χ3n) is 2.33. The largest absolute Gasteiger partial charge is 0.393 e. The monoisotopic (exact) mass is 193 g/mol. The molecule has 0 spiro atoms. The molecule has 74 valence electrons. The molecular weight excluding hydrogens is 183 g/mol. The first-order valence-corrected chi connectivity index (χ1v) is 4.08. The van der Waals surface area contributed by atoms with Gasteiger partial charge in [-0.05, 0) is 19.3 Å². The molecule has 0 aromatic rings. The topological polar surface area (TPSA) is 44.0 Å². The summed E-state index contributed by atoms with van der Waals surface area (Å²) in [5, 5.41) is 17.6. The molecule has 1 N–H and O–H groups in total. The smallest absolute Gasteiger partial charge is 0.391 e. The molecule has 1 saturated carbocycles. The SMILES string of the molecule is N#C[C@H]1C[C@@H](O)C[C@@H](C(F)(F)F)C1. The Kier molecular flexibility index (Phi) is 2.81. The average Bonchev–Trinajstić information content (AvgIpc) is 2.01. The summed E-state index contributed by atoms with van der Waals surface area (Å²) in [6.45, 7) is 0. The Morgan fingerprint density at radius 1 is 1.23 bits per heavy atom. The highest BCUT2D eigenvalue weighted by Gasteiger charge is 2.44. The van der Waals surface area contributed by atoms with Gasteiger partial charge in [0.05, 0.1) is 18.1 Å². The van der Waals surface area contributed by atoms with E-state index in [2.05, 4.69) is 0 Å². The molecule has 0 radical (unpaired) electrons. The summed E-state index contributed by atoms with van der Waals surface area (Å²) in [6.07, 6.45) is -5.52. The Morgan fingerprint density at radius 2 is 1.85 bits per heavy atom. The van der Waals surface area contributed by atoms with E-state index in [0.29, 0.717) is 0 Å². The van der Waals surface area contributed by atoms with Gasteiger partial charge in [0.25, 0.3) is 0 Å². The fourth-order valence-electron chi connectivity index (χ4n) is 1.66. The lowest BCUT2D eigenvalue weighted by Gasteiger charge is -2.30. The zero-order valence-corrected chi connectivity index (χ0v) is 6.88. The quantitative estimate of drug-likeness (QED) is 0.638. The Labute approximate surface area is 74.0 Å². The number of aliphatic hydroxyl groups excluding tert-OH is 1. The summed E-state index contributed by atoms with van der Waals surface area (Å²) < 4.78 is 36.6. The molecule has 0 aliphatic heterocycles. The molecule has 1 aliphatic rings. The van der Waals surface area contributed by atoms with Crippen molar-refractivity contribution < 1.29 is 18.3 Å². The predicted molar refractivity (Wildman–Crippen MR) is 38.5 cm³/mol. The van der Waals surface area contributed by atoms with Gasteiger partial charge in [0.1, 0.15) is 0 Å². The van der Waals surface area contributed by atoms with Crippen LogP contribution >= 0.6 is 0 Å². The molecule has 0 amide bonds. The van der Waals surface area contributed by atoms with E-state index in [1.165, 1.54) is 0 Å². The van der Waals surface area contributed by atoms with Gasteiger partial charge in [-0.2, -0.15) is 18.4 Å². The molecule has 0 unspecified atom stereocenters. The molecular formula is C8H10F3NO. The molecule has 0 aromatic carbocycles. The number of hydrogen-bond acceptors (Lipinski definition) is 2. The van der Waals surface area contributed by atoms with Gasteiger partial charge in [-0.25, -0.2) is 0 Å². The lowest BCUT2D eigenvalue weighted by atomic mass is 9.80. The first kappa shape index (κ1) is 10.3. The van der Waals surface area contributed by atoms with E-state index in [1.807, 2.05) is 0 Å². The number of alkyl halides is 3. The zero-order valence-electron chi connectivity index (χ0n) is 6.88. The van der Waals surface area contributed by atoms with Gasteiger partial charge in [-0.3, -0.25) is 0 Å². The van der Waals surface area contributed by atoms with Gasteiger partial charge in [-0.1, -0.05) is 0 Å². The van der Waals surface area contributed by atoms with E-state index < -0.39 is 24.1 Å². The summed E-state index contributed by atoms with van der Waals surface area (Å²) in [5.74, 6) is -2.17. The number of rotatable bonds is 0. The number of nitrogens with zero attached hydrogens (tertiary/aromatic N) is 1. The van der Waals surface area contributed by atoms with Crippen LogP contribution in [0, 0.1) is 23.2 Å². The summed E-state index contributed by atoms with van der Waals surface area (Å²) in [6, 6.07) is 1.78. The van der Waals surface area contributed by atoms with Crippen LogP contribution in [0.15, 0.2) is 0 Å². The van der Waals surface area contributed by atoms with Crippen LogP contribution < -0.4 is 0 Å². The highest BCUT2D eigenvalue weighted by atomic mass is 19.4. The Hall–Kier alpha value is -0.760. The van der Waals surface area contributed by atoms with E-state index in [0.717, 1.165) is 0 Å². The fraction of sp³-hybridized carbons (Fsp3) is 0.875. The standard InChI is InChI=1S/C8H10F3NO/c9-8(10,11)6-1-5(4-12)2-7(13)3-6/h5-7,13H,1-3H2/t5-,6+,7-/m1/s1. The first-order valence-electron chi connectivity index (χ1n) is 4.08. The molecule has 1 rings (SSSR count). The van der Waals surface area contributed by atoms with Crippen LogP contribution in [0.2, 0.25) is 0 Å². The summed E-state index contributed by atoms with van der Waals surface area (Å²) in [5.41, 5.74) is 0. The average molecular weight is 193 g/mol. The van der Waals surface area contributed by atoms with E-state index in [9.17, 15) is 13.2 Å². The van der Waals surface area contributed by atoms with Gasteiger partial charge in [0.2, 0.25) is 0 Å². The number of hydrogen-bond donors (Lipinski definition) is 1. The predicted octanol–water partition coefficient (Wildman–Crippen LogP) is 1.85. The van der Waals surface area contributed by atoms with Gasteiger partial charge >= 0.3 is 6.18 Å². The van der Waals surface area contributed by atoms with Crippen LogP contribution in [0.1, 0.15) is 19.3 Å². The second-order valence-electron chi connectivity index (χ2n) is 3.43. The van der Waals surface area contributed by atoms with E-state index >= 15 is 0 Å². The van der Waals surface area contributed by atoms with E-state index in [-0.39, 0.29) is 19.3 Å². The van der Waals surface area contributed by atoms with Gasteiger partial charge in [0.15, 0.2) is 0 Å². The molecule has 3 atom stereocenters. The number of aliphatic hydroxyl groups is 1. The van der Waals surface area contributed by atoms with Gasteiger partial charge in [-0.15, -0.1) is 0 Å². The first-order chi connectivity index (χ1) is 5.93. The molecule has 1 fully saturated rings. The molecule has 13 heavy (non-hydrogen) atoms. The van der Waals surface area contributed by atoms with Crippen molar-refractivity contribution >= 4 is 0 Å². The van der Waals surface area contributed by atoms with Crippen LogP contribution in [0.4, 0.5) is 13.2 Å². The highest BCUT2D eigenvalue weighted by molar-refractivity contribution is 4.92. The summed E-state index contributed by atoms with van der Waals surface area (Å²) in [7, 11) is 0. The van der Waals surface area contributed by atoms with E-state index in [4.69, 9.17) is 10.4 Å². The highest BCUT2D eigenvalue weighted by Crippen LogP contribution is 2.39. The second-order valence-corrected chi connectivity index (χ2v) is 3.43. The second kappa shape index (κ2) is 3.54. The summed E-state index contributed by atoms with van der Waals surface area (Å²) >= 11 is 0. The maximum atomic E-state index is 12.2. The van der Waals surface area contributed by atoms with Crippen molar-refractivity contribution in [2.75, 3.05) is 0 Å². The lowest BCUT2D eigenvalue weighted by molar-refractivity contribution is -0.192. The van der Waals surface area contributed by atoms with Crippen LogP contribution in [-0.2, 0) is 0 Å². The fourth-order valence-corrected chi connectivity index (χ4v) is 1.66. The molecule has 5 heteroatoms. The molecule has 1 aliphatic carbocycles. The van der Waals surface area contributed by atoms with Crippen LogP contribution in [0.3, 0.4) is 0 Å². The van der Waals surface area contributed by atoms with Crippen LogP contribution in [0.25, 0.3) is 0 Å². The molecule has 0 aromatic heterocycles. The third kappa shape index (κ3) is 2.59. The maximum absolute atomic E-state index is 12.2. The van der Waals surface area contributed by atoms with Crippen molar-refractivity contribution in [3.05, 3.63) is 0 Å². The summed E-state index contributed by atoms with van der Waals surface area (Å²) in [4.78, 5) is 0. The molecule has 0 heterocycles. The zero-order chi connectivity index (χ0) is 10.1. The maximum Gasteiger partial charge on any atom is 0.391 e. The Morgan fingerprint density at radius 3 is 2.31 bits per heavy atom.